The molecule has 1 aromatic heterocycles. The second-order valence-electron chi connectivity index (χ2n) is 6.80. The number of hydrogen-bond acceptors (Lipinski definition) is 4. The zero-order valence-electron chi connectivity index (χ0n) is 14.9. The van der Waals surface area contributed by atoms with E-state index in [4.69, 9.17) is 16.3 Å². The first-order valence-corrected chi connectivity index (χ1v) is 9.50. The van der Waals surface area contributed by atoms with Gasteiger partial charge in [0.25, 0.3) is 11.8 Å². The zero-order valence-corrected chi connectivity index (χ0v) is 15.6. The summed E-state index contributed by atoms with van der Waals surface area (Å²) in [7, 11) is 0. The summed E-state index contributed by atoms with van der Waals surface area (Å²) in [5.74, 6) is -0.426. The van der Waals surface area contributed by atoms with Gasteiger partial charge in [-0.1, -0.05) is 29.8 Å². The van der Waals surface area contributed by atoms with E-state index in [2.05, 4.69) is 10.4 Å². The second kappa shape index (κ2) is 7.70. The van der Waals surface area contributed by atoms with Crippen LogP contribution in [0.3, 0.4) is 0 Å². The highest BCUT2D eigenvalue weighted by atomic mass is 35.5. The van der Waals surface area contributed by atoms with Crippen LogP contribution in [0, 0.1) is 0 Å². The smallest absolute Gasteiger partial charge is 0.272 e. The normalized spacial score (nSPS) is 19.2. The van der Waals surface area contributed by atoms with E-state index < -0.39 is 0 Å². The largest absolute Gasteiger partial charge is 0.376 e. The summed E-state index contributed by atoms with van der Waals surface area (Å²) >= 11 is 6.21. The van der Waals surface area contributed by atoms with Crippen molar-refractivity contribution in [2.45, 2.75) is 32.0 Å². The number of fused-ring (bicyclic) bond motifs is 1. The van der Waals surface area contributed by atoms with Crippen LogP contribution in [0.4, 0.5) is 0 Å². The molecule has 7 nitrogen and oxygen atoms in total. The lowest BCUT2D eigenvalue weighted by Gasteiger charge is -2.27. The Labute approximate surface area is 162 Å². The fourth-order valence-corrected chi connectivity index (χ4v) is 3.63. The summed E-state index contributed by atoms with van der Waals surface area (Å²) in [6.07, 6.45) is 2.05. The quantitative estimate of drug-likeness (QED) is 0.851. The van der Waals surface area contributed by atoms with Crippen molar-refractivity contribution in [2.75, 3.05) is 19.7 Å². The van der Waals surface area contributed by atoms with Gasteiger partial charge >= 0.3 is 0 Å². The molecule has 0 bridgehead atoms. The number of hydrogen-bond donors (Lipinski definition) is 1. The molecule has 0 unspecified atom stereocenters. The minimum absolute atomic E-state index is 0.0685. The predicted octanol–water partition coefficient (Wildman–Crippen LogP) is 2.10. The van der Waals surface area contributed by atoms with Crippen LogP contribution in [0.15, 0.2) is 30.3 Å². The third kappa shape index (κ3) is 3.84. The van der Waals surface area contributed by atoms with Gasteiger partial charge in [0.2, 0.25) is 0 Å². The number of rotatable bonds is 5. The minimum Gasteiger partial charge on any atom is -0.376 e. The topological polar surface area (TPSA) is 76.5 Å². The SMILES string of the molecule is O=C(NC[C@@H]1CCCO1)c1cc2n(n1)CCN(Cc1ccccc1Cl)C2=O. The maximum absolute atomic E-state index is 12.8. The maximum atomic E-state index is 12.8. The van der Waals surface area contributed by atoms with E-state index in [0.717, 1.165) is 25.0 Å². The Morgan fingerprint density at radius 2 is 2.19 bits per heavy atom. The van der Waals surface area contributed by atoms with E-state index in [1.54, 1.807) is 15.6 Å². The van der Waals surface area contributed by atoms with Crippen molar-refractivity contribution in [3.8, 4) is 0 Å². The summed E-state index contributed by atoms with van der Waals surface area (Å²) in [6, 6.07) is 9.04. The lowest BCUT2D eigenvalue weighted by molar-refractivity contribution is 0.0683. The lowest BCUT2D eigenvalue weighted by Crippen LogP contribution is -2.39. The molecule has 1 aromatic carbocycles. The van der Waals surface area contributed by atoms with Crippen LogP contribution in [0.1, 0.15) is 39.4 Å². The Kier molecular flexibility index (Phi) is 5.13. The highest BCUT2D eigenvalue weighted by Crippen LogP contribution is 2.21. The van der Waals surface area contributed by atoms with E-state index in [9.17, 15) is 9.59 Å². The fourth-order valence-electron chi connectivity index (χ4n) is 3.43. The minimum atomic E-state index is -0.280. The Hall–Kier alpha value is -2.38. The summed E-state index contributed by atoms with van der Waals surface area (Å²) in [5, 5.41) is 7.77. The Morgan fingerprint density at radius 3 is 2.96 bits per heavy atom. The average molecular weight is 389 g/mol. The van der Waals surface area contributed by atoms with Crippen LogP contribution in [0.2, 0.25) is 5.02 Å². The van der Waals surface area contributed by atoms with Crippen LogP contribution >= 0.6 is 11.6 Å². The highest BCUT2D eigenvalue weighted by Gasteiger charge is 2.28. The Morgan fingerprint density at radius 1 is 1.33 bits per heavy atom. The van der Waals surface area contributed by atoms with Crippen molar-refractivity contribution < 1.29 is 14.3 Å². The second-order valence-corrected chi connectivity index (χ2v) is 7.21. The number of benzene rings is 1. The van der Waals surface area contributed by atoms with Gasteiger partial charge in [0.1, 0.15) is 5.69 Å². The molecule has 1 N–H and O–H groups in total. The van der Waals surface area contributed by atoms with E-state index >= 15 is 0 Å². The summed E-state index contributed by atoms with van der Waals surface area (Å²) in [5.41, 5.74) is 1.58. The molecule has 0 saturated carbocycles. The van der Waals surface area contributed by atoms with Crippen molar-refractivity contribution in [1.82, 2.24) is 20.0 Å². The molecular weight excluding hydrogens is 368 g/mol. The van der Waals surface area contributed by atoms with Crippen molar-refractivity contribution in [3.63, 3.8) is 0 Å². The summed E-state index contributed by atoms with van der Waals surface area (Å²) in [6.45, 7) is 2.72. The van der Waals surface area contributed by atoms with Gasteiger partial charge in [-0.05, 0) is 24.5 Å². The van der Waals surface area contributed by atoms with E-state index in [1.807, 2.05) is 24.3 Å². The third-order valence-electron chi connectivity index (χ3n) is 4.93. The molecule has 2 aliphatic rings. The number of halogens is 1. The molecule has 0 spiro atoms. The van der Waals surface area contributed by atoms with Gasteiger partial charge in [-0.2, -0.15) is 5.10 Å². The number of carbonyl (C=O) groups is 2. The van der Waals surface area contributed by atoms with Crippen molar-refractivity contribution >= 4 is 23.4 Å². The third-order valence-corrected chi connectivity index (χ3v) is 5.30. The van der Waals surface area contributed by atoms with Crippen molar-refractivity contribution in [3.05, 3.63) is 52.3 Å². The molecule has 1 fully saturated rings. The summed E-state index contributed by atoms with van der Waals surface area (Å²) < 4.78 is 7.11. The van der Waals surface area contributed by atoms with E-state index in [-0.39, 0.29) is 23.6 Å². The molecule has 1 atom stereocenters. The number of nitrogens with zero attached hydrogens (tertiary/aromatic N) is 3. The molecule has 3 heterocycles. The van der Waals surface area contributed by atoms with E-state index in [0.29, 0.717) is 36.9 Å². The Bertz CT molecular complexity index is 860. The first-order valence-electron chi connectivity index (χ1n) is 9.12. The molecule has 27 heavy (non-hydrogen) atoms. The fraction of sp³-hybridized carbons (Fsp3) is 0.421. The van der Waals surface area contributed by atoms with Gasteiger partial charge in [0.15, 0.2) is 5.69 Å². The first kappa shape index (κ1) is 18.0. The van der Waals surface area contributed by atoms with Gasteiger partial charge in [-0.25, -0.2) is 0 Å². The molecule has 2 amide bonds. The standard InChI is InChI=1S/C19H21ClN4O3/c20-15-6-2-1-4-13(15)12-23-7-8-24-17(19(23)26)10-16(22-24)18(25)21-11-14-5-3-9-27-14/h1-2,4,6,10,14H,3,5,7-9,11-12H2,(H,21,25)/t14-/m0/s1. The van der Waals surface area contributed by atoms with Gasteiger partial charge in [-0.3, -0.25) is 14.3 Å². The molecule has 8 heteroatoms. The summed E-state index contributed by atoms with van der Waals surface area (Å²) in [4.78, 5) is 26.9. The van der Waals surface area contributed by atoms with Crippen molar-refractivity contribution in [1.29, 1.82) is 0 Å². The molecule has 0 radical (unpaired) electrons. The molecule has 2 aliphatic heterocycles. The van der Waals surface area contributed by atoms with Crippen molar-refractivity contribution in [2.24, 2.45) is 0 Å². The van der Waals surface area contributed by atoms with Gasteiger partial charge < -0.3 is 15.0 Å². The predicted molar refractivity (Wildman–Crippen MR) is 99.7 cm³/mol. The van der Waals surface area contributed by atoms with Crippen LogP contribution in [0.5, 0.6) is 0 Å². The maximum Gasteiger partial charge on any atom is 0.272 e. The van der Waals surface area contributed by atoms with Gasteiger partial charge in [0, 0.05) is 37.3 Å². The molecule has 0 aliphatic carbocycles. The number of nitrogens with one attached hydrogen (secondary N) is 1. The van der Waals surface area contributed by atoms with Crippen LogP contribution in [0.25, 0.3) is 0 Å². The average Bonchev–Trinajstić information content (AvgIpc) is 3.33. The van der Waals surface area contributed by atoms with Crippen LogP contribution in [-0.2, 0) is 17.8 Å². The first-order chi connectivity index (χ1) is 13.1. The molecule has 142 valence electrons. The lowest BCUT2D eigenvalue weighted by atomic mass is 10.2. The van der Waals surface area contributed by atoms with Gasteiger partial charge in [0.05, 0.1) is 12.6 Å². The highest BCUT2D eigenvalue weighted by molar-refractivity contribution is 6.31. The molecule has 4 rings (SSSR count). The number of aromatic nitrogens is 2. The van der Waals surface area contributed by atoms with Crippen LogP contribution in [-0.4, -0.2) is 52.3 Å². The van der Waals surface area contributed by atoms with E-state index in [1.165, 1.54) is 0 Å². The Balaban J connectivity index is 1.43. The number of carbonyl (C=O) groups excluding carboxylic acids is 2. The number of ether oxygens (including phenoxy) is 1. The van der Waals surface area contributed by atoms with Crippen LogP contribution < -0.4 is 5.32 Å². The number of amides is 2. The molecule has 1 saturated heterocycles. The monoisotopic (exact) mass is 388 g/mol. The molecular formula is C19H21ClN4O3. The molecule has 2 aromatic rings. The van der Waals surface area contributed by atoms with Gasteiger partial charge in [-0.15, -0.1) is 0 Å². The zero-order chi connectivity index (χ0) is 18.8.